The van der Waals surface area contributed by atoms with Gasteiger partial charge in [0.05, 0.1) is 21.9 Å². The van der Waals surface area contributed by atoms with Crippen LogP contribution in [-0.2, 0) is 16.6 Å². The third-order valence-corrected chi connectivity index (χ3v) is 5.61. The van der Waals surface area contributed by atoms with Crippen LogP contribution >= 0.6 is 11.6 Å². The Balaban J connectivity index is 2.38. The highest BCUT2D eigenvalue weighted by Crippen LogP contribution is 2.28. The van der Waals surface area contributed by atoms with Gasteiger partial charge in [0.1, 0.15) is 5.76 Å². The summed E-state index contributed by atoms with van der Waals surface area (Å²) in [6, 6.07) is 4.71. The van der Waals surface area contributed by atoms with Gasteiger partial charge in [-0.3, -0.25) is 0 Å². The van der Waals surface area contributed by atoms with E-state index >= 15 is 0 Å². The predicted octanol–water partition coefficient (Wildman–Crippen LogP) is 2.95. The second kappa shape index (κ2) is 5.71. The summed E-state index contributed by atoms with van der Waals surface area (Å²) in [7, 11) is -2.13. The van der Waals surface area contributed by atoms with Gasteiger partial charge in [0.25, 0.3) is 0 Å². The lowest BCUT2D eigenvalue weighted by Gasteiger charge is -2.19. The molecule has 1 heterocycles. The van der Waals surface area contributed by atoms with Crippen molar-refractivity contribution in [2.45, 2.75) is 25.3 Å². The fourth-order valence-electron chi connectivity index (χ4n) is 2.01. The first-order valence-corrected chi connectivity index (χ1v) is 8.10. The van der Waals surface area contributed by atoms with Crippen LogP contribution in [0.3, 0.4) is 0 Å². The van der Waals surface area contributed by atoms with Crippen LogP contribution < -0.4 is 5.73 Å². The van der Waals surface area contributed by atoms with E-state index in [-0.39, 0.29) is 17.1 Å². The largest absolute Gasteiger partial charge is 0.469 e. The molecule has 0 unspecified atom stereocenters. The van der Waals surface area contributed by atoms with Crippen LogP contribution in [0, 0.1) is 13.8 Å². The van der Waals surface area contributed by atoms with Crippen LogP contribution in [0.1, 0.15) is 16.9 Å². The van der Waals surface area contributed by atoms with Gasteiger partial charge in [0.15, 0.2) is 0 Å². The van der Waals surface area contributed by atoms with Gasteiger partial charge in [-0.25, -0.2) is 8.42 Å². The van der Waals surface area contributed by atoms with Gasteiger partial charge in [0, 0.05) is 19.2 Å². The second-order valence-electron chi connectivity index (χ2n) is 4.90. The Kier molecular flexibility index (Phi) is 4.32. The molecule has 21 heavy (non-hydrogen) atoms. The first-order valence-electron chi connectivity index (χ1n) is 6.28. The molecule has 0 saturated heterocycles. The summed E-state index contributed by atoms with van der Waals surface area (Å²) in [6.07, 6.45) is 1.54. The monoisotopic (exact) mass is 328 g/mol. The molecule has 114 valence electrons. The summed E-state index contributed by atoms with van der Waals surface area (Å²) >= 11 is 5.91. The SMILES string of the molecule is Cc1cc(Cl)c(N)cc1S(=O)(=O)N(C)Cc1ccoc1C. The van der Waals surface area contributed by atoms with E-state index in [1.807, 2.05) is 0 Å². The zero-order valence-electron chi connectivity index (χ0n) is 12.1. The van der Waals surface area contributed by atoms with Gasteiger partial charge in [-0.15, -0.1) is 0 Å². The summed E-state index contributed by atoms with van der Waals surface area (Å²) in [5, 5.41) is 0.347. The van der Waals surface area contributed by atoms with Crippen molar-refractivity contribution in [1.82, 2.24) is 4.31 Å². The zero-order valence-corrected chi connectivity index (χ0v) is 13.6. The Hall–Kier alpha value is -1.50. The third-order valence-electron chi connectivity index (χ3n) is 3.34. The van der Waals surface area contributed by atoms with Crippen LogP contribution in [0.2, 0.25) is 5.02 Å². The van der Waals surface area contributed by atoms with Crippen LogP contribution in [0.4, 0.5) is 5.69 Å². The highest BCUT2D eigenvalue weighted by molar-refractivity contribution is 7.89. The van der Waals surface area contributed by atoms with E-state index in [2.05, 4.69) is 0 Å². The minimum atomic E-state index is -3.65. The first-order chi connectivity index (χ1) is 9.73. The average Bonchev–Trinajstić information content (AvgIpc) is 2.79. The number of hydrogen-bond acceptors (Lipinski definition) is 4. The topological polar surface area (TPSA) is 76.5 Å². The van der Waals surface area contributed by atoms with E-state index in [9.17, 15) is 8.42 Å². The Labute approximate surface area is 129 Å². The van der Waals surface area contributed by atoms with Crippen molar-refractivity contribution in [1.29, 1.82) is 0 Å². The van der Waals surface area contributed by atoms with Crippen LogP contribution in [0.25, 0.3) is 0 Å². The number of furan rings is 1. The quantitative estimate of drug-likeness (QED) is 0.875. The summed E-state index contributed by atoms with van der Waals surface area (Å²) in [5.74, 6) is 0.699. The fourth-order valence-corrected chi connectivity index (χ4v) is 3.62. The summed E-state index contributed by atoms with van der Waals surface area (Å²) in [6.45, 7) is 3.71. The standard InChI is InChI=1S/C14H17ClN2O3S/c1-9-6-12(15)13(16)7-14(9)21(18,19)17(3)8-11-4-5-20-10(11)2/h4-7H,8,16H2,1-3H3. The van der Waals surface area contributed by atoms with Gasteiger partial charge < -0.3 is 10.2 Å². The molecule has 0 aliphatic rings. The smallest absolute Gasteiger partial charge is 0.243 e. The van der Waals surface area contributed by atoms with E-state index in [0.29, 0.717) is 16.3 Å². The van der Waals surface area contributed by atoms with Crippen LogP contribution in [0.15, 0.2) is 33.8 Å². The number of sulfonamides is 1. The van der Waals surface area contributed by atoms with E-state index in [1.165, 1.54) is 23.7 Å². The number of nitrogens with zero attached hydrogens (tertiary/aromatic N) is 1. The zero-order chi connectivity index (χ0) is 15.8. The van der Waals surface area contributed by atoms with Crippen molar-refractivity contribution < 1.29 is 12.8 Å². The van der Waals surface area contributed by atoms with Crippen LogP contribution in [0.5, 0.6) is 0 Å². The highest BCUT2D eigenvalue weighted by atomic mass is 35.5. The molecule has 5 nitrogen and oxygen atoms in total. The Bertz CT molecular complexity index is 769. The Morgan fingerprint density at radius 1 is 1.33 bits per heavy atom. The van der Waals surface area contributed by atoms with E-state index in [1.54, 1.807) is 26.0 Å². The average molecular weight is 329 g/mol. The number of aryl methyl sites for hydroxylation is 2. The molecular weight excluding hydrogens is 312 g/mol. The lowest BCUT2D eigenvalue weighted by molar-refractivity contribution is 0.458. The molecule has 0 aliphatic heterocycles. The minimum Gasteiger partial charge on any atom is -0.469 e. The maximum atomic E-state index is 12.7. The molecule has 2 aromatic rings. The lowest BCUT2D eigenvalue weighted by atomic mass is 10.2. The molecule has 1 aromatic carbocycles. The van der Waals surface area contributed by atoms with E-state index in [0.717, 1.165) is 5.56 Å². The maximum absolute atomic E-state index is 12.7. The molecule has 0 aliphatic carbocycles. The van der Waals surface area contributed by atoms with Crippen LogP contribution in [-0.4, -0.2) is 19.8 Å². The number of halogens is 1. The van der Waals surface area contributed by atoms with Gasteiger partial charge in [0.2, 0.25) is 10.0 Å². The van der Waals surface area contributed by atoms with Gasteiger partial charge >= 0.3 is 0 Å². The molecule has 1 aromatic heterocycles. The van der Waals surface area contributed by atoms with Gasteiger partial charge in [-0.2, -0.15) is 4.31 Å². The lowest BCUT2D eigenvalue weighted by Crippen LogP contribution is -2.27. The number of rotatable bonds is 4. The molecule has 0 radical (unpaired) electrons. The molecule has 0 spiro atoms. The number of anilines is 1. The normalized spacial score (nSPS) is 12.0. The number of nitrogens with two attached hydrogens (primary N) is 1. The first kappa shape index (κ1) is 15.9. The minimum absolute atomic E-state index is 0.160. The molecule has 0 saturated carbocycles. The molecule has 7 heteroatoms. The van der Waals surface area contributed by atoms with Crippen molar-refractivity contribution in [3.05, 3.63) is 46.4 Å². The number of hydrogen-bond donors (Lipinski definition) is 1. The molecule has 0 bridgehead atoms. The summed E-state index contributed by atoms with van der Waals surface area (Å²) in [4.78, 5) is 0.160. The predicted molar refractivity (Wildman–Crippen MR) is 82.7 cm³/mol. The van der Waals surface area contributed by atoms with Gasteiger partial charge in [-0.1, -0.05) is 11.6 Å². The molecule has 0 fully saturated rings. The number of nitrogen functional groups attached to an aromatic ring is 1. The second-order valence-corrected chi connectivity index (χ2v) is 7.32. The third kappa shape index (κ3) is 3.07. The van der Waals surface area contributed by atoms with Crippen molar-refractivity contribution in [3.8, 4) is 0 Å². The molecule has 0 amide bonds. The van der Waals surface area contributed by atoms with E-state index < -0.39 is 10.0 Å². The molecule has 0 atom stereocenters. The molecule has 2 N–H and O–H groups in total. The van der Waals surface area contributed by atoms with Gasteiger partial charge in [-0.05, 0) is 37.6 Å². The number of benzene rings is 1. The fraction of sp³-hybridized carbons (Fsp3) is 0.286. The molecule has 2 rings (SSSR count). The van der Waals surface area contributed by atoms with E-state index in [4.69, 9.17) is 21.8 Å². The van der Waals surface area contributed by atoms with Crippen molar-refractivity contribution in [2.24, 2.45) is 0 Å². The summed E-state index contributed by atoms with van der Waals surface area (Å²) in [5.41, 5.74) is 7.34. The highest BCUT2D eigenvalue weighted by Gasteiger charge is 2.24. The maximum Gasteiger partial charge on any atom is 0.243 e. The molecular formula is C14H17ClN2O3S. The summed E-state index contributed by atoms with van der Waals surface area (Å²) < 4.78 is 31.7. The Morgan fingerprint density at radius 3 is 2.57 bits per heavy atom. The van der Waals surface area contributed by atoms with Crippen molar-refractivity contribution in [2.75, 3.05) is 12.8 Å². The Morgan fingerprint density at radius 2 is 2.00 bits per heavy atom. The van der Waals surface area contributed by atoms with Crippen molar-refractivity contribution >= 4 is 27.3 Å². The van der Waals surface area contributed by atoms with Crippen molar-refractivity contribution in [3.63, 3.8) is 0 Å².